The first-order chi connectivity index (χ1) is 8.70. The van der Waals surface area contributed by atoms with E-state index in [-0.39, 0.29) is 0 Å². The molecule has 0 spiro atoms. The number of nitrogens with two attached hydrogens (primary N) is 1. The molecule has 0 amide bonds. The van der Waals surface area contributed by atoms with Gasteiger partial charge in [0.05, 0.1) is 0 Å². The summed E-state index contributed by atoms with van der Waals surface area (Å²) in [5.41, 5.74) is 7.27. The fourth-order valence-electron chi connectivity index (χ4n) is 3.07. The van der Waals surface area contributed by atoms with Gasteiger partial charge in [0.2, 0.25) is 0 Å². The van der Waals surface area contributed by atoms with Crippen molar-refractivity contribution in [3.63, 3.8) is 0 Å². The molecule has 0 radical (unpaired) electrons. The van der Waals surface area contributed by atoms with Gasteiger partial charge in [-0.15, -0.1) is 0 Å². The first kappa shape index (κ1) is 13.9. The number of rotatable bonds is 5. The van der Waals surface area contributed by atoms with E-state index in [1.54, 1.807) is 0 Å². The van der Waals surface area contributed by atoms with Gasteiger partial charge >= 0.3 is 0 Å². The van der Waals surface area contributed by atoms with Crippen LogP contribution >= 0.6 is 11.6 Å². The fourth-order valence-corrected chi connectivity index (χ4v) is 3.20. The first-order valence-electron chi connectivity index (χ1n) is 6.85. The van der Waals surface area contributed by atoms with Gasteiger partial charge in [0.1, 0.15) is 0 Å². The minimum absolute atomic E-state index is 0.517. The number of halogens is 1. The van der Waals surface area contributed by atoms with Crippen molar-refractivity contribution in [3.05, 3.63) is 34.9 Å². The van der Waals surface area contributed by atoms with E-state index < -0.39 is 0 Å². The summed E-state index contributed by atoms with van der Waals surface area (Å²) in [6, 6.07) is 8.63. The van der Waals surface area contributed by atoms with Gasteiger partial charge in [0.25, 0.3) is 0 Å². The maximum atomic E-state index is 5.97. The molecule has 1 fully saturated rings. The summed E-state index contributed by atoms with van der Waals surface area (Å²) in [4.78, 5) is 2.40. The van der Waals surface area contributed by atoms with Crippen LogP contribution in [-0.2, 0) is 6.54 Å². The summed E-state index contributed by atoms with van der Waals surface area (Å²) in [5, 5.41) is 0.799. The van der Waals surface area contributed by atoms with Crippen LogP contribution < -0.4 is 5.73 Å². The smallest absolute Gasteiger partial charge is 0.0406 e. The third kappa shape index (κ3) is 3.47. The average Bonchev–Trinajstić information content (AvgIpc) is 2.87. The third-order valence-electron chi connectivity index (χ3n) is 4.10. The zero-order valence-corrected chi connectivity index (χ0v) is 11.9. The van der Waals surface area contributed by atoms with Gasteiger partial charge in [-0.3, -0.25) is 4.90 Å². The van der Waals surface area contributed by atoms with E-state index in [4.69, 9.17) is 17.3 Å². The molecule has 0 saturated heterocycles. The highest BCUT2D eigenvalue weighted by atomic mass is 35.5. The van der Waals surface area contributed by atoms with Crippen LogP contribution in [0.5, 0.6) is 0 Å². The van der Waals surface area contributed by atoms with Gasteiger partial charge in [0.15, 0.2) is 0 Å². The molecular formula is C15H23ClN2. The molecule has 100 valence electrons. The van der Waals surface area contributed by atoms with Crippen LogP contribution in [0.15, 0.2) is 24.3 Å². The van der Waals surface area contributed by atoms with Crippen LogP contribution in [0.4, 0.5) is 0 Å². The molecule has 0 heterocycles. The highest BCUT2D eigenvalue weighted by Gasteiger charge is 2.26. The normalized spacial score (nSPS) is 18.4. The molecule has 1 aliphatic carbocycles. The van der Waals surface area contributed by atoms with Crippen molar-refractivity contribution in [1.82, 2.24) is 4.90 Å². The second-order valence-corrected chi connectivity index (χ2v) is 5.83. The van der Waals surface area contributed by atoms with E-state index in [1.165, 1.54) is 31.2 Å². The van der Waals surface area contributed by atoms with Crippen LogP contribution in [0.25, 0.3) is 0 Å². The van der Waals surface area contributed by atoms with Crippen molar-refractivity contribution in [2.75, 3.05) is 13.6 Å². The number of nitrogens with zero attached hydrogens (tertiary/aromatic N) is 1. The van der Waals surface area contributed by atoms with Crippen molar-refractivity contribution < 1.29 is 0 Å². The van der Waals surface area contributed by atoms with Gasteiger partial charge in [-0.25, -0.2) is 0 Å². The Morgan fingerprint density at radius 2 is 1.89 bits per heavy atom. The molecule has 0 bridgehead atoms. The molecule has 18 heavy (non-hydrogen) atoms. The lowest BCUT2D eigenvalue weighted by Gasteiger charge is -2.31. The second-order valence-electron chi connectivity index (χ2n) is 5.39. The van der Waals surface area contributed by atoms with Crippen LogP contribution in [0.1, 0.15) is 31.2 Å². The molecular weight excluding hydrogens is 244 g/mol. The number of hydrogen-bond acceptors (Lipinski definition) is 2. The van der Waals surface area contributed by atoms with E-state index in [2.05, 4.69) is 24.1 Å². The number of benzene rings is 1. The lowest BCUT2D eigenvalue weighted by Crippen LogP contribution is -2.42. The Hall–Kier alpha value is -0.570. The summed E-state index contributed by atoms with van der Waals surface area (Å²) in [6.07, 6.45) is 5.42. The Balaban J connectivity index is 1.96. The van der Waals surface area contributed by atoms with Crippen LogP contribution in [-0.4, -0.2) is 24.5 Å². The Morgan fingerprint density at radius 3 is 2.44 bits per heavy atom. The van der Waals surface area contributed by atoms with Crippen molar-refractivity contribution in [2.45, 2.75) is 38.3 Å². The molecule has 1 saturated carbocycles. The molecule has 0 aromatic heterocycles. The van der Waals surface area contributed by atoms with E-state index in [0.717, 1.165) is 24.0 Å². The molecule has 2 nitrogen and oxygen atoms in total. The summed E-state index contributed by atoms with van der Waals surface area (Å²) in [7, 11) is 2.18. The molecule has 1 aromatic carbocycles. The Kier molecular flexibility index (Phi) is 5.04. The number of hydrogen-bond donors (Lipinski definition) is 1. The molecule has 3 heteroatoms. The van der Waals surface area contributed by atoms with E-state index >= 15 is 0 Å². The van der Waals surface area contributed by atoms with Crippen molar-refractivity contribution >= 4 is 11.6 Å². The van der Waals surface area contributed by atoms with E-state index in [1.807, 2.05) is 12.1 Å². The van der Waals surface area contributed by atoms with Gasteiger partial charge in [-0.05, 0) is 43.5 Å². The molecule has 0 aliphatic heterocycles. The predicted octanol–water partition coefficient (Wildman–Crippen LogP) is 3.29. The molecule has 1 atom stereocenters. The lowest BCUT2D eigenvalue weighted by atomic mass is 9.96. The second kappa shape index (κ2) is 6.55. The van der Waals surface area contributed by atoms with Gasteiger partial charge in [-0.1, -0.05) is 36.6 Å². The first-order valence-corrected chi connectivity index (χ1v) is 7.23. The van der Waals surface area contributed by atoms with Crippen molar-refractivity contribution in [2.24, 2.45) is 11.7 Å². The minimum atomic E-state index is 0.517. The van der Waals surface area contributed by atoms with Crippen LogP contribution in [0.3, 0.4) is 0 Å². The van der Waals surface area contributed by atoms with E-state index in [9.17, 15) is 0 Å². The van der Waals surface area contributed by atoms with Crippen molar-refractivity contribution in [1.29, 1.82) is 0 Å². The SMILES string of the molecule is CN(Cc1ccc(Cl)cc1)C(CN)C1CCCC1. The average molecular weight is 267 g/mol. The third-order valence-corrected chi connectivity index (χ3v) is 4.35. The molecule has 1 aliphatic rings. The monoisotopic (exact) mass is 266 g/mol. The zero-order valence-electron chi connectivity index (χ0n) is 11.1. The lowest BCUT2D eigenvalue weighted by molar-refractivity contribution is 0.174. The Labute approximate surface area is 115 Å². The molecule has 1 aromatic rings. The summed E-state index contributed by atoms with van der Waals surface area (Å²) in [6.45, 7) is 1.71. The quantitative estimate of drug-likeness (QED) is 0.886. The summed E-state index contributed by atoms with van der Waals surface area (Å²) < 4.78 is 0. The zero-order chi connectivity index (χ0) is 13.0. The van der Waals surface area contributed by atoms with Crippen LogP contribution in [0, 0.1) is 5.92 Å². The standard InChI is InChI=1S/C15H23ClN2/c1-18(11-12-6-8-14(16)9-7-12)15(10-17)13-4-2-3-5-13/h6-9,13,15H,2-5,10-11,17H2,1H3. The summed E-state index contributed by atoms with van der Waals surface area (Å²) >= 11 is 5.91. The summed E-state index contributed by atoms with van der Waals surface area (Å²) in [5.74, 6) is 0.785. The Bertz CT molecular complexity index is 357. The Morgan fingerprint density at radius 1 is 1.28 bits per heavy atom. The largest absolute Gasteiger partial charge is 0.329 e. The van der Waals surface area contributed by atoms with Gasteiger partial charge < -0.3 is 5.73 Å². The fraction of sp³-hybridized carbons (Fsp3) is 0.600. The molecule has 1 unspecified atom stereocenters. The predicted molar refractivity (Wildman–Crippen MR) is 77.7 cm³/mol. The topological polar surface area (TPSA) is 29.3 Å². The maximum absolute atomic E-state index is 5.97. The van der Waals surface area contributed by atoms with Gasteiger partial charge in [-0.2, -0.15) is 0 Å². The highest BCUT2D eigenvalue weighted by molar-refractivity contribution is 6.30. The van der Waals surface area contributed by atoms with Gasteiger partial charge in [0, 0.05) is 24.2 Å². The minimum Gasteiger partial charge on any atom is -0.329 e. The molecule has 2 rings (SSSR count). The number of likely N-dealkylation sites (N-methyl/N-ethyl adjacent to an activating group) is 1. The van der Waals surface area contributed by atoms with E-state index in [0.29, 0.717) is 6.04 Å². The maximum Gasteiger partial charge on any atom is 0.0406 e. The molecule has 2 N–H and O–H groups in total. The highest BCUT2D eigenvalue weighted by Crippen LogP contribution is 2.30. The van der Waals surface area contributed by atoms with Crippen LogP contribution in [0.2, 0.25) is 5.02 Å². The van der Waals surface area contributed by atoms with Crippen molar-refractivity contribution in [3.8, 4) is 0 Å².